The molecule has 0 bridgehead atoms. The van der Waals surface area contributed by atoms with Gasteiger partial charge in [0, 0.05) is 17.7 Å². The number of rotatable bonds is 7. The molecule has 0 N–H and O–H groups in total. The van der Waals surface area contributed by atoms with Gasteiger partial charge in [-0.25, -0.2) is 0 Å². The van der Waals surface area contributed by atoms with Crippen LogP contribution in [0.1, 0.15) is 16.9 Å². The first kappa shape index (κ1) is 20.8. The Morgan fingerprint density at radius 2 is 1.90 bits per heavy atom. The van der Waals surface area contributed by atoms with Gasteiger partial charge < -0.3 is 9.15 Å². The number of nitro benzene ring substituents is 1. The Balaban J connectivity index is 1.49. The summed E-state index contributed by atoms with van der Waals surface area (Å²) < 4.78 is 11.7. The second-order valence-electron chi connectivity index (χ2n) is 6.60. The number of amides is 1. The number of thioether (sulfide) groups is 1. The molecule has 0 unspecified atom stereocenters. The molecule has 3 aromatic rings. The summed E-state index contributed by atoms with van der Waals surface area (Å²) in [6.07, 6.45) is 3.31. The fourth-order valence-corrected chi connectivity index (χ4v) is 4.19. The summed E-state index contributed by atoms with van der Waals surface area (Å²) >= 11 is 6.60. The first-order chi connectivity index (χ1) is 15.0. The molecule has 1 aliphatic rings. The molecular weight excluding hydrogens is 436 g/mol. The van der Waals surface area contributed by atoms with Crippen LogP contribution in [0.25, 0.3) is 6.08 Å². The molecule has 9 heteroatoms. The largest absolute Gasteiger partial charge is 0.488 e. The molecule has 7 nitrogen and oxygen atoms in total. The third kappa shape index (κ3) is 4.84. The van der Waals surface area contributed by atoms with Crippen LogP contribution in [0.3, 0.4) is 0 Å². The lowest BCUT2D eigenvalue weighted by atomic mass is 10.1. The highest BCUT2D eigenvalue weighted by molar-refractivity contribution is 8.26. The van der Waals surface area contributed by atoms with Crippen molar-refractivity contribution in [1.82, 2.24) is 4.90 Å². The minimum absolute atomic E-state index is 0.0284. The summed E-state index contributed by atoms with van der Waals surface area (Å²) in [7, 11) is 0. The summed E-state index contributed by atoms with van der Waals surface area (Å²) in [5, 5.41) is 10.8. The van der Waals surface area contributed by atoms with Crippen molar-refractivity contribution in [3.05, 3.63) is 98.8 Å². The molecular formula is C22H16N2O5S2. The number of hydrogen-bond acceptors (Lipinski definition) is 7. The Morgan fingerprint density at radius 1 is 1.13 bits per heavy atom. The average molecular weight is 453 g/mol. The minimum atomic E-state index is -0.442. The summed E-state index contributed by atoms with van der Waals surface area (Å²) in [5.41, 5.74) is 1.56. The van der Waals surface area contributed by atoms with E-state index >= 15 is 0 Å². The number of furan rings is 1. The molecule has 0 atom stereocenters. The Labute approximate surface area is 187 Å². The average Bonchev–Trinajstić information content (AvgIpc) is 3.37. The van der Waals surface area contributed by atoms with E-state index in [1.807, 2.05) is 18.2 Å². The number of ether oxygens (including phenoxy) is 1. The topological polar surface area (TPSA) is 85.8 Å². The van der Waals surface area contributed by atoms with Crippen molar-refractivity contribution in [2.75, 3.05) is 0 Å². The number of nitro groups is 1. The summed E-state index contributed by atoms with van der Waals surface area (Å²) in [5.74, 6) is 1.07. The van der Waals surface area contributed by atoms with E-state index in [0.717, 1.165) is 11.1 Å². The fourth-order valence-electron chi connectivity index (χ4n) is 2.94. The predicted molar refractivity (Wildman–Crippen MR) is 121 cm³/mol. The van der Waals surface area contributed by atoms with E-state index in [1.54, 1.807) is 42.7 Å². The molecule has 0 spiro atoms. The van der Waals surface area contributed by atoms with E-state index in [1.165, 1.54) is 28.8 Å². The molecule has 1 fully saturated rings. The number of non-ortho nitro benzene ring substituents is 1. The predicted octanol–water partition coefficient (Wildman–Crippen LogP) is 5.17. The minimum Gasteiger partial charge on any atom is -0.488 e. The summed E-state index contributed by atoms with van der Waals surface area (Å²) in [4.78, 5) is 25.2. The quantitative estimate of drug-likeness (QED) is 0.212. The number of benzene rings is 2. The highest BCUT2D eigenvalue weighted by Crippen LogP contribution is 2.35. The Bertz CT molecular complexity index is 1160. The monoisotopic (exact) mass is 452 g/mol. The van der Waals surface area contributed by atoms with Crippen LogP contribution >= 0.6 is 24.0 Å². The summed E-state index contributed by atoms with van der Waals surface area (Å²) in [6.45, 7) is 0.523. The Morgan fingerprint density at radius 3 is 2.61 bits per heavy atom. The molecule has 1 aliphatic heterocycles. The van der Waals surface area contributed by atoms with Crippen molar-refractivity contribution in [2.45, 2.75) is 13.2 Å². The van der Waals surface area contributed by atoms with Crippen molar-refractivity contribution in [2.24, 2.45) is 0 Å². The zero-order chi connectivity index (χ0) is 21.8. The van der Waals surface area contributed by atoms with Crippen LogP contribution in [0.5, 0.6) is 5.75 Å². The first-order valence-electron chi connectivity index (χ1n) is 9.24. The van der Waals surface area contributed by atoms with E-state index in [2.05, 4.69) is 0 Å². The number of thiocarbonyl (C=S) groups is 1. The Hall–Kier alpha value is -3.43. The number of para-hydroxylation sites is 1. The van der Waals surface area contributed by atoms with Crippen LogP contribution in [-0.2, 0) is 17.9 Å². The molecule has 31 heavy (non-hydrogen) atoms. The van der Waals surface area contributed by atoms with E-state index in [4.69, 9.17) is 21.4 Å². The van der Waals surface area contributed by atoms with Crippen molar-refractivity contribution < 1.29 is 18.9 Å². The molecule has 2 heterocycles. The highest BCUT2D eigenvalue weighted by atomic mass is 32.2. The second kappa shape index (κ2) is 9.15. The van der Waals surface area contributed by atoms with Gasteiger partial charge in [-0.15, -0.1) is 0 Å². The number of nitrogens with zero attached hydrogens (tertiary/aromatic N) is 2. The molecule has 156 valence electrons. The van der Waals surface area contributed by atoms with E-state index < -0.39 is 4.92 Å². The molecule has 1 saturated heterocycles. The molecule has 0 radical (unpaired) electrons. The number of carbonyl (C=O) groups excluding carboxylic acids is 1. The third-order valence-electron chi connectivity index (χ3n) is 4.51. The van der Waals surface area contributed by atoms with E-state index in [-0.39, 0.29) is 24.7 Å². The van der Waals surface area contributed by atoms with Gasteiger partial charge in [-0.05, 0) is 42.0 Å². The van der Waals surface area contributed by atoms with Gasteiger partial charge in [-0.2, -0.15) is 0 Å². The molecule has 2 aromatic carbocycles. The zero-order valence-electron chi connectivity index (χ0n) is 16.1. The highest BCUT2D eigenvalue weighted by Gasteiger charge is 2.32. The van der Waals surface area contributed by atoms with Gasteiger partial charge in [-0.3, -0.25) is 19.8 Å². The smallest absolute Gasteiger partial charge is 0.269 e. The SMILES string of the molecule is O=C1/C(=C\c2ccccc2OCc2ccc([N+](=O)[O-])cc2)SC(=S)N1Cc1ccco1. The lowest BCUT2D eigenvalue weighted by molar-refractivity contribution is -0.384. The van der Waals surface area contributed by atoms with Gasteiger partial charge in [-0.1, -0.05) is 42.2 Å². The van der Waals surface area contributed by atoms with E-state index in [0.29, 0.717) is 20.7 Å². The molecule has 0 saturated carbocycles. The van der Waals surface area contributed by atoms with Crippen LogP contribution in [0, 0.1) is 10.1 Å². The maximum atomic E-state index is 12.8. The van der Waals surface area contributed by atoms with Crippen LogP contribution in [0.15, 0.2) is 76.2 Å². The molecule has 0 aliphatic carbocycles. The number of carbonyl (C=O) groups is 1. The lowest BCUT2D eigenvalue weighted by Crippen LogP contribution is -2.27. The first-order valence-corrected chi connectivity index (χ1v) is 10.5. The van der Waals surface area contributed by atoms with Crippen LogP contribution in [0.2, 0.25) is 0 Å². The van der Waals surface area contributed by atoms with Crippen molar-refractivity contribution >= 4 is 46.0 Å². The van der Waals surface area contributed by atoms with Crippen molar-refractivity contribution in [3.8, 4) is 5.75 Å². The maximum absolute atomic E-state index is 12.8. The fraction of sp³-hybridized carbons (Fsp3) is 0.0909. The maximum Gasteiger partial charge on any atom is 0.269 e. The van der Waals surface area contributed by atoms with Gasteiger partial charge in [0.25, 0.3) is 11.6 Å². The Kier molecular flexibility index (Phi) is 6.15. The summed E-state index contributed by atoms with van der Waals surface area (Å²) in [6, 6.07) is 17.1. The second-order valence-corrected chi connectivity index (χ2v) is 8.27. The lowest BCUT2D eigenvalue weighted by Gasteiger charge is -2.12. The van der Waals surface area contributed by atoms with Crippen LogP contribution < -0.4 is 4.74 Å². The zero-order valence-corrected chi connectivity index (χ0v) is 17.7. The standard InChI is InChI=1S/C22H16N2O5S2/c25-21-20(31-22(30)23(21)13-18-5-3-11-28-18)12-16-4-1-2-6-19(16)29-14-15-7-9-17(10-8-15)24(26)27/h1-12H,13-14H2/b20-12+. The number of hydrogen-bond donors (Lipinski definition) is 0. The molecule has 1 aromatic heterocycles. The van der Waals surface area contributed by atoms with Gasteiger partial charge in [0.05, 0.1) is 22.6 Å². The van der Waals surface area contributed by atoms with Crippen molar-refractivity contribution in [1.29, 1.82) is 0 Å². The van der Waals surface area contributed by atoms with Gasteiger partial charge in [0.15, 0.2) is 0 Å². The molecule has 1 amide bonds. The van der Waals surface area contributed by atoms with Gasteiger partial charge >= 0.3 is 0 Å². The normalized spacial score (nSPS) is 15.0. The van der Waals surface area contributed by atoms with Crippen molar-refractivity contribution in [3.63, 3.8) is 0 Å². The molecule has 4 rings (SSSR count). The third-order valence-corrected chi connectivity index (χ3v) is 5.89. The van der Waals surface area contributed by atoms with Gasteiger partial charge in [0.1, 0.15) is 22.4 Å². The van der Waals surface area contributed by atoms with Gasteiger partial charge in [0.2, 0.25) is 0 Å². The van der Waals surface area contributed by atoms with E-state index in [9.17, 15) is 14.9 Å². The van der Waals surface area contributed by atoms with Crippen LogP contribution in [-0.4, -0.2) is 20.1 Å². The van der Waals surface area contributed by atoms with Crippen LogP contribution in [0.4, 0.5) is 5.69 Å².